The number of hydrogen-bond acceptors (Lipinski definition) is 2. The van der Waals surface area contributed by atoms with Gasteiger partial charge in [-0.05, 0) is 25.8 Å². The molecule has 0 heterocycles. The third kappa shape index (κ3) is 2.06. The van der Waals surface area contributed by atoms with Crippen molar-refractivity contribution in [3.05, 3.63) is 0 Å². The van der Waals surface area contributed by atoms with E-state index in [4.69, 9.17) is 5.73 Å². The molecule has 2 N–H and O–H groups in total. The van der Waals surface area contributed by atoms with Crippen molar-refractivity contribution in [2.75, 3.05) is 6.54 Å². The number of ketones is 1. The molecule has 2 heteroatoms. The average Bonchev–Trinajstić information content (AvgIpc) is 2.78. The molecule has 0 saturated heterocycles. The van der Waals surface area contributed by atoms with Gasteiger partial charge in [0.15, 0.2) is 0 Å². The lowest BCUT2D eigenvalue weighted by atomic mass is 10.1. The first-order chi connectivity index (χ1) is 5.29. The predicted molar refractivity (Wildman–Crippen MR) is 43.7 cm³/mol. The Hall–Kier alpha value is -0.810. The van der Waals surface area contributed by atoms with Gasteiger partial charge in [0, 0.05) is 5.92 Å². The highest BCUT2D eigenvalue weighted by atomic mass is 16.1. The second-order valence-electron chi connectivity index (χ2n) is 2.91. The summed E-state index contributed by atoms with van der Waals surface area (Å²) in [6.07, 6.45) is 1.40. The molecular weight excluding hydrogens is 138 g/mol. The van der Waals surface area contributed by atoms with Crippen LogP contribution in [-0.2, 0) is 4.79 Å². The van der Waals surface area contributed by atoms with E-state index in [0.717, 1.165) is 6.42 Å². The summed E-state index contributed by atoms with van der Waals surface area (Å²) in [5, 5.41) is 0. The van der Waals surface area contributed by atoms with Gasteiger partial charge in [-0.25, -0.2) is 0 Å². The number of carbonyl (C=O) groups excluding carboxylic acids is 1. The molecule has 0 aliphatic heterocycles. The Kier molecular flexibility index (Phi) is 2.67. The first-order valence-corrected chi connectivity index (χ1v) is 3.92. The lowest BCUT2D eigenvalue weighted by molar-refractivity contribution is -0.119. The fourth-order valence-electron chi connectivity index (χ4n) is 1.21. The van der Waals surface area contributed by atoms with Crippen LogP contribution in [0.15, 0.2) is 0 Å². The first-order valence-electron chi connectivity index (χ1n) is 3.92. The second kappa shape index (κ2) is 3.54. The number of rotatable bonds is 3. The van der Waals surface area contributed by atoms with Gasteiger partial charge in [0.25, 0.3) is 0 Å². The van der Waals surface area contributed by atoms with Gasteiger partial charge in [-0.3, -0.25) is 4.79 Å². The van der Waals surface area contributed by atoms with E-state index in [-0.39, 0.29) is 11.7 Å². The van der Waals surface area contributed by atoms with Crippen LogP contribution in [0.4, 0.5) is 0 Å². The molecule has 1 rings (SSSR count). The van der Waals surface area contributed by atoms with Crippen molar-refractivity contribution in [1.82, 2.24) is 0 Å². The Morgan fingerprint density at radius 1 is 1.73 bits per heavy atom. The molecule has 0 radical (unpaired) electrons. The van der Waals surface area contributed by atoms with Crippen LogP contribution in [0.25, 0.3) is 0 Å². The van der Waals surface area contributed by atoms with Crippen LogP contribution in [0.5, 0.6) is 0 Å². The van der Waals surface area contributed by atoms with Crippen molar-refractivity contribution in [1.29, 1.82) is 0 Å². The molecule has 0 aromatic heterocycles. The number of nitrogens with two attached hydrogens (primary N) is 1. The predicted octanol–water partition coefficient (Wildman–Crippen LogP) is 0.564. The fourth-order valence-corrected chi connectivity index (χ4v) is 1.21. The molecule has 0 aromatic rings. The summed E-state index contributed by atoms with van der Waals surface area (Å²) in [6, 6.07) is 0. The number of carbonyl (C=O) groups is 1. The molecule has 0 spiro atoms. The Bertz CT molecular complexity index is 211. The Labute approximate surface area is 67.2 Å². The highest BCUT2D eigenvalue weighted by Gasteiger charge is 2.40. The van der Waals surface area contributed by atoms with Crippen molar-refractivity contribution >= 4 is 5.78 Å². The highest BCUT2D eigenvalue weighted by Crippen LogP contribution is 2.38. The van der Waals surface area contributed by atoms with E-state index in [9.17, 15) is 4.79 Å². The minimum atomic E-state index is 0.237. The Morgan fingerprint density at radius 3 is 2.91 bits per heavy atom. The summed E-state index contributed by atoms with van der Waals surface area (Å²) in [7, 11) is 0. The van der Waals surface area contributed by atoms with Gasteiger partial charge in [0.2, 0.25) is 0 Å². The largest absolute Gasteiger partial charge is 0.330 e. The zero-order chi connectivity index (χ0) is 8.27. The van der Waals surface area contributed by atoms with E-state index in [0.29, 0.717) is 18.9 Å². The van der Waals surface area contributed by atoms with E-state index in [1.165, 1.54) is 0 Å². The van der Waals surface area contributed by atoms with Gasteiger partial charge >= 0.3 is 0 Å². The minimum absolute atomic E-state index is 0.237. The lowest BCUT2D eigenvalue weighted by Crippen LogP contribution is -2.07. The van der Waals surface area contributed by atoms with Crippen molar-refractivity contribution in [3.63, 3.8) is 0 Å². The second-order valence-corrected chi connectivity index (χ2v) is 2.91. The van der Waals surface area contributed by atoms with Crippen LogP contribution in [0.3, 0.4) is 0 Å². The summed E-state index contributed by atoms with van der Waals surface area (Å²) in [4.78, 5) is 11.2. The zero-order valence-corrected chi connectivity index (χ0v) is 6.76. The third-order valence-corrected chi connectivity index (χ3v) is 2.08. The van der Waals surface area contributed by atoms with E-state index < -0.39 is 0 Å². The maximum absolute atomic E-state index is 11.2. The Balaban J connectivity index is 2.26. The molecule has 1 aliphatic rings. The molecule has 0 aromatic carbocycles. The fraction of sp³-hybridized carbons (Fsp3) is 0.667. The molecule has 2 nitrogen and oxygen atoms in total. The molecule has 0 bridgehead atoms. The quantitative estimate of drug-likeness (QED) is 0.599. The van der Waals surface area contributed by atoms with Crippen LogP contribution in [0.1, 0.15) is 19.8 Å². The van der Waals surface area contributed by atoms with Gasteiger partial charge in [-0.2, -0.15) is 0 Å². The average molecular weight is 151 g/mol. The summed E-state index contributed by atoms with van der Waals surface area (Å²) in [5.74, 6) is 6.45. The van der Waals surface area contributed by atoms with Crippen LogP contribution in [0.2, 0.25) is 0 Å². The monoisotopic (exact) mass is 151 g/mol. The van der Waals surface area contributed by atoms with E-state index in [1.807, 2.05) is 0 Å². The topological polar surface area (TPSA) is 43.1 Å². The van der Waals surface area contributed by atoms with E-state index in [1.54, 1.807) is 6.92 Å². The molecule has 1 saturated carbocycles. The number of Topliss-reactive ketones (excluding diaryl/α,β-unsaturated/α-hetero) is 1. The minimum Gasteiger partial charge on any atom is -0.330 e. The van der Waals surface area contributed by atoms with Gasteiger partial charge in [-0.15, -0.1) is 5.92 Å². The molecule has 0 amide bonds. The smallest absolute Gasteiger partial charge is 0.148 e. The van der Waals surface area contributed by atoms with Gasteiger partial charge in [-0.1, -0.05) is 5.92 Å². The highest BCUT2D eigenvalue weighted by molar-refractivity contribution is 5.85. The zero-order valence-electron chi connectivity index (χ0n) is 6.76. The maximum atomic E-state index is 11.2. The van der Waals surface area contributed by atoms with Crippen molar-refractivity contribution in [3.8, 4) is 11.8 Å². The normalized spacial score (nSPS) is 27.1. The van der Waals surface area contributed by atoms with Gasteiger partial charge in [0.05, 0.1) is 6.42 Å². The Morgan fingerprint density at radius 2 is 2.45 bits per heavy atom. The molecule has 60 valence electrons. The summed E-state index contributed by atoms with van der Waals surface area (Å²) < 4.78 is 0. The first kappa shape index (κ1) is 8.29. The molecule has 2 atom stereocenters. The van der Waals surface area contributed by atoms with Gasteiger partial charge < -0.3 is 5.73 Å². The molecule has 1 aliphatic carbocycles. The van der Waals surface area contributed by atoms with Crippen LogP contribution < -0.4 is 5.73 Å². The van der Waals surface area contributed by atoms with E-state index >= 15 is 0 Å². The van der Waals surface area contributed by atoms with Crippen LogP contribution in [-0.4, -0.2) is 12.3 Å². The van der Waals surface area contributed by atoms with Crippen molar-refractivity contribution < 1.29 is 4.79 Å². The standard InChI is InChI=1S/C9H13NO/c1-2-3-4-9(11)8-5-7(8)6-10/h7-8H,4-6,10H2,1H3/t7-,8-/m0/s1. The van der Waals surface area contributed by atoms with Crippen LogP contribution in [0, 0.1) is 23.7 Å². The molecule has 1 fully saturated rings. The molecule has 0 unspecified atom stereocenters. The lowest BCUT2D eigenvalue weighted by Gasteiger charge is -1.91. The number of hydrogen-bond donors (Lipinski definition) is 1. The van der Waals surface area contributed by atoms with Crippen molar-refractivity contribution in [2.45, 2.75) is 19.8 Å². The SMILES string of the molecule is CC#CCC(=O)[C@H]1C[C@H]1CN. The maximum Gasteiger partial charge on any atom is 0.148 e. The summed E-state index contributed by atoms with van der Waals surface area (Å²) in [6.45, 7) is 2.40. The third-order valence-electron chi connectivity index (χ3n) is 2.08. The summed E-state index contributed by atoms with van der Waals surface area (Å²) in [5.41, 5.74) is 5.40. The van der Waals surface area contributed by atoms with Crippen molar-refractivity contribution in [2.24, 2.45) is 17.6 Å². The van der Waals surface area contributed by atoms with Gasteiger partial charge in [0.1, 0.15) is 5.78 Å². The van der Waals surface area contributed by atoms with Crippen LogP contribution >= 0.6 is 0 Å². The summed E-state index contributed by atoms with van der Waals surface area (Å²) >= 11 is 0. The van der Waals surface area contributed by atoms with E-state index in [2.05, 4.69) is 11.8 Å². The molecular formula is C9H13NO. The molecule has 11 heavy (non-hydrogen) atoms.